The summed E-state index contributed by atoms with van der Waals surface area (Å²) in [6.07, 6.45) is 1.53. The Morgan fingerprint density at radius 1 is 1.08 bits per heavy atom. The van der Waals surface area contributed by atoms with Crippen LogP contribution >= 0.6 is 11.6 Å². The van der Waals surface area contributed by atoms with Gasteiger partial charge < -0.3 is 10.1 Å². The molecule has 2 aromatic heterocycles. The van der Waals surface area contributed by atoms with Crippen LogP contribution in [0.3, 0.4) is 0 Å². The summed E-state index contributed by atoms with van der Waals surface area (Å²) in [5.74, 6) is -0.446. The fourth-order valence-corrected chi connectivity index (χ4v) is 2.03. The first-order valence-corrected chi connectivity index (χ1v) is 7.32. The number of hydrogen-bond donors (Lipinski definition) is 1. The lowest BCUT2D eigenvalue weighted by Crippen LogP contribution is -2.13. The highest BCUT2D eigenvalue weighted by Crippen LogP contribution is 2.25. The summed E-state index contributed by atoms with van der Waals surface area (Å²) in [7, 11) is 0. The maximum absolute atomic E-state index is 12.9. The van der Waals surface area contributed by atoms with Crippen LogP contribution in [0.2, 0.25) is 5.02 Å². The number of hydrogen-bond acceptors (Lipinski definition) is 4. The molecular formula is C17H11ClFN3O2. The Morgan fingerprint density at radius 3 is 2.62 bits per heavy atom. The topological polar surface area (TPSA) is 64.1 Å². The highest BCUT2D eigenvalue weighted by Gasteiger charge is 2.11. The lowest BCUT2D eigenvalue weighted by molar-refractivity contribution is 0.102. The Hall–Kier alpha value is -2.99. The second kappa shape index (κ2) is 7.06. The number of nitrogens with zero attached hydrogens (tertiary/aromatic N) is 2. The number of anilines is 1. The van der Waals surface area contributed by atoms with Crippen molar-refractivity contribution in [1.29, 1.82) is 0 Å². The first kappa shape index (κ1) is 15.9. The van der Waals surface area contributed by atoms with Gasteiger partial charge in [-0.3, -0.25) is 4.79 Å². The summed E-state index contributed by atoms with van der Waals surface area (Å²) in [5, 5.41) is 2.96. The monoisotopic (exact) mass is 343 g/mol. The average molecular weight is 344 g/mol. The second-order valence-electron chi connectivity index (χ2n) is 4.71. The minimum Gasteiger partial charge on any atom is -0.419 e. The smallest absolute Gasteiger partial charge is 0.274 e. The van der Waals surface area contributed by atoms with Gasteiger partial charge in [-0.1, -0.05) is 17.7 Å². The Kier molecular flexibility index (Phi) is 4.67. The number of carbonyl (C=O) groups excluding carboxylic acids is 1. The fourth-order valence-electron chi connectivity index (χ4n) is 1.87. The summed E-state index contributed by atoms with van der Waals surface area (Å²) in [6.45, 7) is 0. The zero-order chi connectivity index (χ0) is 16.9. The van der Waals surface area contributed by atoms with E-state index in [1.165, 1.54) is 36.5 Å². The molecule has 1 amide bonds. The molecule has 0 aliphatic carbocycles. The normalized spacial score (nSPS) is 10.2. The van der Waals surface area contributed by atoms with Gasteiger partial charge in [-0.25, -0.2) is 14.4 Å². The number of rotatable bonds is 4. The molecule has 0 aliphatic heterocycles. The lowest BCUT2D eigenvalue weighted by Gasteiger charge is -2.07. The highest BCUT2D eigenvalue weighted by molar-refractivity contribution is 6.31. The van der Waals surface area contributed by atoms with Crippen molar-refractivity contribution in [3.05, 3.63) is 77.3 Å². The minimum atomic E-state index is -0.445. The van der Waals surface area contributed by atoms with E-state index in [-0.39, 0.29) is 23.3 Å². The first-order valence-electron chi connectivity index (χ1n) is 6.94. The van der Waals surface area contributed by atoms with E-state index in [0.29, 0.717) is 10.7 Å². The van der Waals surface area contributed by atoms with Crippen LogP contribution in [0.5, 0.6) is 11.8 Å². The van der Waals surface area contributed by atoms with Gasteiger partial charge in [0.15, 0.2) is 0 Å². The number of aromatic nitrogens is 2. The molecule has 0 radical (unpaired) electrons. The molecule has 0 unspecified atom stereocenters. The van der Waals surface area contributed by atoms with Crippen molar-refractivity contribution < 1.29 is 13.9 Å². The zero-order valence-electron chi connectivity index (χ0n) is 12.2. The molecule has 2 heterocycles. The maximum Gasteiger partial charge on any atom is 0.274 e. The van der Waals surface area contributed by atoms with Crippen LogP contribution in [0.15, 0.2) is 60.8 Å². The molecule has 24 heavy (non-hydrogen) atoms. The number of nitrogens with one attached hydrogen (secondary N) is 1. The number of pyridine rings is 2. The van der Waals surface area contributed by atoms with E-state index in [1.54, 1.807) is 24.3 Å². The van der Waals surface area contributed by atoms with Gasteiger partial charge in [0.05, 0.1) is 0 Å². The van der Waals surface area contributed by atoms with E-state index in [9.17, 15) is 9.18 Å². The highest BCUT2D eigenvalue weighted by atomic mass is 35.5. The van der Waals surface area contributed by atoms with Gasteiger partial charge in [0.1, 0.15) is 16.5 Å². The van der Waals surface area contributed by atoms with Crippen LogP contribution in [0.4, 0.5) is 10.1 Å². The SMILES string of the molecule is O=C(Nc1ccc(F)cc1)c1cccc(Oc2ncccc2Cl)n1. The van der Waals surface area contributed by atoms with Crippen molar-refractivity contribution in [3.8, 4) is 11.8 Å². The maximum atomic E-state index is 12.9. The molecule has 1 aromatic carbocycles. The van der Waals surface area contributed by atoms with E-state index in [2.05, 4.69) is 15.3 Å². The van der Waals surface area contributed by atoms with Crippen LogP contribution in [-0.2, 0) is 0 Å². The molecule has 0 bridgehead atoms. The Labute approximate surface area is 142 Å². The summed E-state index contributed by atoms with van der Waals surface area (Å²) in [5.41, 5.74) is 0.603. The summed E-state index contributed by atoms with van der Waals surface area (Å²) in [4.78, 5) is 20.3. The quantitative estimate of drug-likeness (QED) is 0.766. The Balaban J connectivity index is 1.76. The molecule has 0 fully saturated rings. The van der Waals surface area contributed by atoms with Crippen LogP contribution in [-0.4, -0.2) is 15.9 Å². The predicted octanol–water partition coefficient (Wildman–Crippen LogP) is 4.31. The van der Waals surface area contributed by atoms with Gasteiger partial charge in [0, 0.05) is 18.0 Å². The molecule has 0 saturated carbocycles. The Morgan fingerprint density at radius 2 is 1.88 bits per heavy atom. The molecule has 120 valence electrons. The number of amides is 1. The van der Waals surface area contributed by atoms with Gasteiger partial charge >= 0.3 is 0 Å². The van der Waals surface area contributed by atoms with Gasteiger partial charge in [-0.15, -0.1) is 0 Å². The molecule has 0 saturated heterocycles. The lowest BCUT2D eigenvalue weighted by atomic mass is 10.3. The second-order valence-corrected chi connectivity index (χ2v) is 5.12. The van der Waals surface area contributed by atoms with Crippen LogP contribution in [0.25, 0.3) is 0 Å². The number of ether oxygens (including phenoxy) is 1. The van der Waals surface area contributed by atoms with Crippen molar-refractivity contribution in [2.45, 2.75) is 0 Å². The predicted molar refractivity (Wildman–Crippen MR) is 87.9 cm³/mol. The number of benzene rings is 1. The van der Waals surface area contributed by atoms with E-state index in [0.717, 1.165) is 0 Å². The van der Waals surface area contributed by atoms with Crippen molar-refractivity contribution in [2.75, 3.05) is 5.32 Å². The molecule has 3 rings (SSSR count). The largest absolute Gasteiger partial charge is 0.419 e. The summed E-state index contributed by atoms with van der Waals surface area (Å²) >= 11 is 5.97. The molecule has 5 nitrogen and oxygen atoms in total. The molecule has 0 atom stereocenters. The minimum absolute atomic E-state index is 0.142. The molecule has 0 aliphatic rings. The van der Waals surface area contributed by atoms with Gasteiger partial charge in [-0.2, -0.15) is 0 Å². The van der Waals surface area contributed by atoms with E-state index >= 15 is 0 Å². The summed E-state index contributed by atoms with van der Waals surface area (Å²) < 4.78 is 18.4. The number of carbonyl (C=O) groups is 1. The van der Waals surface area contributed by atoms with Crippen molar-refractivity contribution in [2.24, 2.45) is 0 Å². The van der Waals surface area contributed by atoms with Crippen LogP contribution in [0, 0.1) is 5.82 Å². The molecular weight excluding hydrogens is 333 g/mol. The Bertz CT molecular complexity index is 872. The van der Waals surface area contributed by atoms with Crippen molar-refractivity contribution in [3.63, 3.8) is 0 Å². The van der Waals surface area contributed by atoms with Gasteiger partial charge in [-0.05, 0) is 42.5 Å². The first-order chi connectivity index (χ1) is 11.6. The van der Waals surface area contributed by atoms with Crippen molar-refractivity contribution in [1.82, 2.24) is 9.97 Å². The molecule has 0 spiro atoms. The van der Waals surface area contributed by atoms with E-state index in [4.69, 9.17) is 16.3 Å². The third-order valence-electron chi connectivity index (χ3n) is 2.98. The average Bonchev–Trinajstić information content (AvgIpc) is 2.59. The fraction of sp³-hybridized carbons (Fsp3) is 0. The third kappa shape index (κ3) is 3.85. The van der Waals surface area contributed by atoms with E-state index in [1.807, 2.05) is 0 Å². The van der Waals surface area contributed by atoms with Crippen LogP contribution < -0.4 is 10.1 Å². The van der Waals surface area contributed by atoms with Crippen molar-refractivity contribution >= 4 is 23.2 Å². The molecule has 3 aromatic rings. The van der Waals surface area contributed by atoms with E-state index < -0.39 is 5.91 Å². The standard InChI is InChI=1S/C17H11ClFN3O2/c18-13-3-2-10-20-17(13)24-15-5-1-4-14(22-15)16(23)21-12-8-6-11(19)7-9-12/h1-10H,(H,21,23). The summed E-state index contributed by atoms with van der Waals surface area (Å²) in [6, 6.07) is 13.5. The van der Waals surface area contributed by atoms with Crippen LogP contribution in [0.1, 0.15) is 10.5 Å². The molecule has 7 heteroatoms. The third-order valence-corrected chi connectivity index (χ3v) is 3.27. The molecule has 1 N–H and O–H groups in total. The zero-order valence-corrected chi connectivity index (χ0v) is 13.0. The number of halogens is 2. The van der Waals surface area contributed by atoms with Gasteiger partial charge in [0.2, 0.25) is 11.8 Å². The van der Waals surface area contributed by atoms with Gasteiger partial charge in [0.25, 0.3) is 5.91 Å².